The predicted molar refractivity (Wildman–Crippen MR) is 82.5 cm³/mol. The van der Waals surface area contributed by atoms with E-state index >= 15 is 0 Å². The van der Waals surface area contributed by atoms with E-state index in [0.717, 1.165) is 11.1 Å². The van der Waals surface area contributed by atoms with Gasteiger partial charge in [0.1, 0.15) is 17.2 Å². The summed E-state index contributed by atoms with van der Waals surface area (Å²) in [7, 11) is 0. The fourth-order valence-corrected chi connectivity index (χ4v) is 3.07. The van der Waals surface area contributed by atoms with Gasteiger partial charge < -0.3 is 16.1 Å². The molecule has 1 aliphatic rings. The Labute approximate surface area is 120 Å². The number of aromatic hydroxyl groups is 2. The summed E-state index contributed by atoms with van der Waals surface area (Å²) in [5.74, 6) is 5.76. The molecule has 0 unspecified atom stereocenters. The molecule has 0 aromatic heterocycles. The third-order valence-corrected chi connectivity index (χ3v) is 3.98. The van der Waals surface area contributed by atoms with E-state index in [1.165, 1.54) is 0 Å². The number of nitrogens with zero attached hydrogens (tertiary/aromatic N) is 1. The molecule has 1 aliphatic carbocycles. The van der Waals surface area contributed by atoms with Crippen molar-refractivity contribution in [3.8, 4) is 22.6 Å². The quantitative estimate of drug-likeness (QED) is 0.262. The molecule has 4 heteroatoms. The second-order valence-electron chi connectivity index (χ2n) is 5.02. The topological polar surface area (TPSA) is 78.8 Å². The van der Waals surface area contributed by atoms with Gasteiger partial charge in [-0.25, -0.2) is 0 Å². The van der Waals surface area contributed by atoms with Gasteiger partial charge in [-0.3, -0.25) is 0 Å². The lowest BCUT2D eigenvalue weighted by Gasteiger charge is -2.11. The average molecular weight is 276 g/mol. The van der Waals surface area contributed by atoms with Crippen molar-refractivity contribution in [2.45, 2.75) is 0 Å². The van der Waals surface area contributed by atoms with Crippen LogP contribution in [-0.4, -0.2) is 15.9 Å². The van der Waals surface area contributed by atoms with Gasteiger partial charge in [-0.2, -0.15) is 5.10 Å². The summed E-state index contributed by atoms with van der Waals surface area (Å²) in [6.07, 6.45) is 0. The molecule has 0 radical (unpaired) electrons. The van der Waals surface area contributed by atoms with Crippen LogP contribution in [0.15, 0.2) is 53.6 Å². The van der Waals surface area contributed by atoms with E-state index in [1.54, 1.807) is 12.1 Å². The van der Waals surface area contributed by atoms with Gasteiger partial charge in [-0.15, -0.1) is 0 Å². The van der Waals surface area contributed by atoms with Crippen molar-refractivity contribution >= 4 is 16.5 Å². The minimum atomic E-state index is 0.0961. The van der Waals surface area contributed by atoms with E-state index < -0.39 is 0 Å². The molecular formula is C17H12N2O2. The first kappa shape index (κ1) is 11.8. The maximum atomic E-state index is 10.6. The summed E-state index contributed by atoms with van der Waals surface area (Å²) < 4.78 is 0. The number of hydrogen-bond donors (Lipinski definition) is 3. The van der Waals surface area contributed by atoms with Gasteiger partial charge >= 0.3 is 0 Å². The van der Waals surface area contributed by atoms with Crippen LogP contribution in [0.1, 0.15) is 11.1 Å². The van der Waals surface area contributed by atoms with Crippen molar-refractivity contribution in [2.24, 2.45) is 10.9 Å². The second-order valence-corrected chi connectivity index (χ2v) is 5.02. The average Bonchev–Trinajstić information content (AvgIpc) is 2.87. The van der Waals surface area contributed by atoms with E-state index in [1.807, 2.05) is 36.4 Å². The summed E-state index contributed by atoms with van der Waals surface area (Å²) in [6, 6.07) is 14.7. The number of rotatable bonds is 0. The van der Waals surface area contributed by atoms with Gasteiger partial charge in [0.05, 0.1) is 5.56 Å². The Morgan fingerprint density at radius 3 is 1.86 bits per heavy atom. The Kier molecular flexibility index (Phi) is 2.24. The zero-order chi connectivity index (χ0) is 14.6. The number of benzene rings is 3. The molecule has 0 heterocycles. The van der Waals surface area contributed by atoms with Gasteiger partial charge in [0.25, 0.3) is 0 Å². The summed E-state index contributed by atoms with van der Waals surface area (Å²) in [5.41, 5.74) is 3.23. The van der Waals surface area contributed by atoms with Crippen LogP contribution in [0.4, 0.5) is 0 Å². The Hall–Kier alpha value is -3.01. The highest BCUT2D eigenvalue weighted by Crippen LogP contribution is 2.50. The summed E-state index contributed by atoms with van der Waals surface area (Å²) in [6.45, 7) is 0. The minimum Gasteiger partial charge on any atom is -0.507 e. The number of phenolic OH excluding ortho intramolecular Hbond substituents is 2. The molecule has 0 amide bonds. The number of fused-ring (bicyclic) bond motifs is 4. The lowest BCUT2D eigenvalue weighted by atomic mass is 9.97. The molecule has 102 valence electrons. The maximum absolute atomic E-state index is 10.6. The van der Waals surface area contributed by atoms with Crippen LogP contribution in [0, 0.1) is 0 Å². The van der Waals surface area contributed by atoms with Crippen LogP contribution in [0.3, 0.4) is 0 Å². The van der Waals surface area contributed by atoms with Crippen LogP contribution < -0.4 is 5.84 Å². The Morgan fingerprint density at radius 1 is 0.714 bits per heavy atom. The fraction of sp³-hybridized carbons (Fsp3) is 0. The SMILES string of the molecule is N/N=C1\c2ccccc2-c2c1c(O)c1ccccc1c2O. The number of nitrogens with two attached hydrogens (primary N) is 1. The van der Waals surface area contributed by atoms with Crippen molar-refractivity contribution in [2.75, 3.05) is 0 Å². The maximum Gasteiger partial charge on any atom is 0.133 e. The largest absolute Gasteiger partial charge is 0.507 e. The third-order valence-electron chi connectivity index (χ3n) is 3.98. The first-order valence-electron chi connectivity index (χ1n) is 6.58. The van der Waals surface area contributed by atoms with E-state index in [2.05, 4.69) is 5.10 Å². The van der Waals surface area contributed by atoms with E-state index in [-0.39, 0.29) is 11.5 Å². The molecule has 3 aromatic carbocycles. The Balaban J connectivity index is 2.26. The zero-order valence-corrected chi connectivity index (χ0v) is 11.0. The van der Waals surface area contributed by atoms with Gasteiger partial charge in [0.2, 0.25) is 0 Å². The van der Waals surface area contributed by atoms with E-state index in [9.17, 15) is 10.2 Å². The summed E-state index contributed by atoms with van der Waals surface area (Å²) >= 11 is 0. The fourth-order valence-electron chi connectivity index (χ4n) is 3.07. The first-order chi connectivity index (χ1) is 10.2. The second kappa shape index (κ2) is 3.99. The molecule has 0 fully saturated rings. The first-order valence-corrected chi connectivity index (χ1v) is 6.58. The van der Waals surface area contributed by atoms with Gasteiger partial charge in [0.15, 0.2) is 0 Å². The van der Waals surface area contributed by atoms with Crippen molar-refractivity contribution in [3.05, 3.63) is 59.7 Å². The molecule has 4 N–H and O–H groups in total. The summed E-state index contributed by atoms with van der Waals surface area (Å²) in [4.78, 5) is 0. The van der Waals surface area contributed by atoms with Gasteiger partial charge in [0, 0.05) is 21.9 Å². The molecule has 4 rings (SSSR count). The monoisotopic (exact) mass is 276 g/mol. The molecule has 0 spiro atoms. The molecule has 0 saturated carbocycles. The Morgan fingerprint density at radius 2 is 1.24 bits per heavy atom. The number of phenols is 2. The molecule has 4 nitrogen and oxygen atoms in total. The number of hydrogen-bond acceptors (Lipinski definition) is 4. The van der Waals surface area contributed by atoms with Crippen LogP contribution in [-0.2, 0) is 0 Å². The highest BCUT2D eigenvalue weighted by Gasteiger charge is 2.32. The lowest BCUT2D eigenvalue weighted by Crippen LogP contribution is -2.02. The smallest absolute Gasteiger partial charge is 0.133 e. The highest BCUT2D eigenvalue weighted by molar-refractivity contribution is 6.29. The molecule has 0 saturated heterocycles. The molecule has 21 heavy (non-hydrogen) atoms. The number of hydrazone groups is 1. The van der Waals surface area contributed by atoms with Crippen LogP contribution in [0.2, 0.25) is 0 Å². The molecule has 3 aromatic rings. The van der Waals surface area contributed by atoms with Crippen LogP contribution >= 0.6 is 0 Å². The normalized spacial score (nSPS) is 14.4. The predicted octanol–water partition coefficient (Wildman–Crippen LogP) is 2.94. The Bertz CT molecular complexity index is 929. The third kappa shape index (κ3) is 1.36. The van der Waals surface area contributed by atoms with Crippen molar-refractivity contribution in [1.82, 2.24) is 0 Å². The van der Waals surface area contributed by atoms with Crippen LogP contribution in [0.25, 0.3) is 21.9 Å². The van der Waals surface area contributed by atoms with E-state index in [0.29, 0.717) is 27.6 Å². The minimum absolute atomic E-state index is 0.0961. The zero-order valence-electron chi connectivity index (χ0n) is 11.0. The molecule has 0 aliphatic heterocycles. The van der Waals surface area contributed by atoms with E-state index in [4.69, 9.17) is 5.84 Å². The molecule has 0 atom stereocenters. The summed E-state index contributed by atoms with van der Waals surface area (Å²) in [5, 5.41) is 26.3. The van der Waals surface area contributed by atoms with Crippen LogP contribution in [0.5, 0.6) is 11.5 Å². The van der Waals surface area contributed by atoms with Crippen molar-refractivity contribution in [1.29, 1.82) is 0 Å². The standard InChI is InChI=1S/C17H12N2O2/c18-19-15-10-6-2-1-5-9(10)13-14(15)17(21)12-8-4-3-7-11(12)16(13)20/h1-8,20-21H,18H2/b19-15+. The lowest BCUT2D eigenvalue weighted by molar-refractivity contribution is 0.470. The van der Waals surface area contributed by atoms with Crippen molar-refractivity contribution in [3.63, 3.8) is 0 Å². The van der Waals surface area contributed by atoms with Crippen molar-refractivity contribution < 1.29 is 10.2 Å². The van der Waals surface area contributed by atoms with Gasteiger partial charge in [-0.05, 0) is 5.56 Å². The highest BCUT2D eigenvalue weighted by atomic mass is 16.3. The molecule has 0 bridgehead atoms. The molecular weight excluding hydrogens is 264 g/mol. The van der Waals surface area contributed by atoms with Gasteiger partial charge in [-0.1, -0.05) is 48.5 Å².